The van der Waals surface area contributed by atoms with E-state index in [1.807, 2.05) is 61.5 Å². The summed E-state index contributed by atoms with van der Waals surface area (Å²) < 4.78 is 0. The molecule has 6 nitrogen and oxygen atoms in total. The van der Waals surface area contributed by atoms with Crippen molar-refractivity contribution in [3.8, 4) is 24.3 Å². The van der Waals surface area contributed by atoms with Gasteiger partial charge in [-0.25, -0.2) is 0 Å². The van der Waals surface area contributed by atoms with Crippen LogP contribution in [0.1, 0.15) is 26.2 Å². The van der Waals surface area contributed by atoms with Gasteiger partial charge in [-0.3, -0.25) is 4.79 Å². The first-order valence-electron chi connectivity index (χ1n) is 10.0. The average Bonchev–Trinajstić information content (AvgIpc) is 2.79. The summed E-state index contributed by atoms with van der Waals surface area (Å²) in [5, 5.41) is 39.7. The van der Waals surface area contributed by atoms with Gasteiger partial charge in [0.05, 0.1) is 24.3 Å². The van der Waals surface area contributed by atoms with Crippen LogP contribution in [0.25, 0.3) is 0 Å². The summed E-state index contributed by atoms with van der Waals surface area (Å²) in [6.45, 7) is 2.04. The lowest BCUT2D eigenvalue weighted by Crippen LogP contribution is -2.58. The molecule has 152 valence electrons. The van der Waals surface area contributed by atoms with Crippen LogP contribution in [0.15, 0.2) is 57.4 Å². The summed E-state index contributed by atoms with van der Waals surface area (Å²) in [4.78, 5) is 16.8. The van der Waals surface area contributed by atoms with Gasteiger partial charge in [0.1, 0.15) is 0 Å². The second kappa shape index (κ2) is 7.63. The van der Waals surface area contributed by atoms with E-state index in [4.69, 9.17) is 0 Å². The van der Waals surface area contributed by atoms with Crippen molar-refractivity contribution in [3.63, 3.8) is 0 Å². The van der Waals surface area contributed by atoms with E-state index < -0.39 is 16.7 Å². The summed E-state index contributed by atoms with van der Waals surface area (Å²) >= 11 is 1.58. The van der Waals surface area contributed by atoms with Crippen LogP contribution in [0.3, 0.4) is 0 Å². The molecule has 3 aliphatic rings. The first-order chi connectivity index (χ1) is 14.9. The Kier molecular flexibility index (Phi) is 5.10. The standard InChI is InChI=1S/C24H19N5OS/c1-16-10-23(12-25,13-26)24(14-27,15-28)21-11-29-17(8-20(16)21)7-19(9-22(29)30)31-18-5-3-2-4-6-18/h2-6,9,17,21H,7-8,10-11H2,1H3/t17-,21-/m0/s1. The van der Waals surface area contributed by atoms with Crippen LogP contribution in [0.4, 0.5) is 0 Å². The number of benzene rings is 1. The van der Waals surface area contributed by atoms with Gasteiger partial charge in [0, 0.05) is 35.9 Å². The van der Waals surface area contributed by atoms with Gasteiger partial charge in [0.15, 0.2) is 10.8 Å². The van der Waals surface area contributed by atoms with E-state index in [9.17, 15) is 25.8 Å². The molecule has 4 rings (SSSR count). The molecular formula is C24H19N5OS. The van der Waals surface area contributed by atoms with Crippen molar-refractivity contribution in [2.45, 2.75) is 37.1 Å². The molecular weight excluding hydrogens is 406 g/mol. The maximum Gasteiger partial charge on any atom is 0.247 e. The van der Waals surface area contributed by atoms with E-state index in [0.29, 0.717) is 12.8 Å². The highest BCUT2D eigenvalue weighted by molar-refractivity contribution is 8.03. The van der Waals surface area contributed by atoms with E-state index >= 15 is 0 Å². The average molecular weight is 426 g/mol. The fourth-order valence-electron chi connectivity index (χ4n) is 5.11. The SMILES string of the molecule is CC1=C2C[C@@H]3CC(Sc4ccccc4)=CC(=O)N3C[C@@H]2C(C#N)(C#N)C(C#N)(C#N)C1. The monoisotopic (exact) mass is 425 g/mol. The van der Waals surface area contributed by atoms with Crippen LogP contribution in [-0.2, 0) is 4.79 Å². The molecule has 0 saturated carbocycles. The Morgan fingerprint density at radius 1 is 1.03 bits per heavy atom. The molecule has 2 aliphatic heterocycles. The smallest absolute Gasteiger partial charge is 0.247 e. The lowest BCUT2D eigenvalue weighted by atomic mass is 9.51. The molecule has 0 bridgehead atoms. The zero-order chi connectivity index (χ0) is 22.2. The topological polar surface area (TPSA) is 115 Å². The predicted octanol–water partition coefficient (Wildman–Crippen LogP) is 4.07. The highest BCUT2D eigenvalue weighted by atomic mass is 32.2. The normalized spacial score (nSPS) is 25.6. The Hall–Kier alpha value is -3.52. The molecule has 0 radical (unpaired) electrons. The summed E-state index contributed by atoms with van der Waals surface area (Å²) in [7, 11) is 0. The lowest BCUT2D eigenvalue weighted by molar-refractivity contribution is -0.131. The van der Waals surface area contributed by atoms with E-state index in [1.54, 1.807) is 22.7 Å². The van der Waals surface area contributed by atoms with E-state index in [-0.39, 0.29) is 24.9 Å². The molecule has 7 heteroatoms. The summed E-state index contributed by atoms with van der Waals surface area (Å²) in [6.07, 6.45) is 2.95. The lowest BCUT2D eigenvalue weighted by Gasteiger charge is -2.51. The zero-order valence-corrected chi connectivity index (χ0v) is 17.8. The molecule has 2 atom stereocenters. The number of nitriles is 4. The Labute approximate surface area is 185 Å². The van der Waals surface area contributed by atoms with Crippen molar-refractivity contribution in [1.82, 2.24) is 4.90 Å². The minimum absolute atomic E-state index is 0.0586. The van der Waals surface area contributed by atoms with Crippen LogP contribution in [-0.4, -0.2) is 23.4 Å². The third kappa shape index (κ3) is 3.02. The van der Waals surface area contributed by atoms with Crippen molar-refractivity contribution in [2.24, 2.45) is 16.7 Å². The molecule has 1 aromatic carbocycles. The first kappa shape index (κ1) is 20.7. The van der Waals surface area contributed by atoms with Gasteiger partial charge in [-0.05, 0) is 36.8 Å². The van der Waals surface area contributed by atoms with E-state index in [0.717, 1.165) is 20.9 Å². The number of fused-ring (bicyclic) bond motifs is 2. The molecule has 0 aromatic heterocycles. The number of hydrogen-bond acceptors (Lipinski definition) is 6. The van der Waals surface area contributed by atoms with Crippen LogP contribution < -0.4 is 0 Å². The Morgan fingerprint density at radius 2 is 1.71 bits per heavy atom. The number of carbonyl (C=O) groups excluding carboxylic acids is 1. The fourth-order valence-corrected chi connectivity index (χ4v) is 6.14. The summed E-state index contributed by atoms with van der Waals surface area (Å²) in [5.41, 5.74) is -1.72. The third-order valence-corrected chi connectivity index (χ3v) is 7.76. The van der Waals surface area contributed by atoms with Gasteiger partial charge in [-0.15, -0.1) is 0 Å². The number of hydrogen-bond donors (Lipinski definition) is 0. The molecule has 0 N–H and O–H groups in total. The molecule has 31 heavy (non-hydrogen) atoms. The molecule has 1 aromatic rings. The number of allylic oxidation sites excluding steroid dienone is 1. The maximum absolute atomic E-state index is 13.0. The van der Waals surface area contributed by atoms with E-state index in [1.165, 1.54) is 0 Å². The van der Waals surface area contributed by atoms with E-state index in [2.05, 4.69) is 0 Å². The second-order valence-corrected chi connectivity index (χ2v) is 9.47. The Balaban J connectivity index is 1.71. The highest BCUT2D eigenvalue weighted by Crippen LogP contribution is 2.58. The van der Waals surface area contributed by atoms with Gasteiger partial charge in [0.2, 0.25) is 5.91 Å². The van der Waals surface area contributed by atoms with Gasteiger partial charge in [-0.2, -0.15) is 21.0 Å². The first-order valence-corrected chi connectivity index (χ1v) is 10.8. The van der Waals surface area contributed by atoms with Crippen molar-refractivity contribution in [3.05, 3.63) is 52.5 Å². The number of nitrogens with zero attached hydrogens (tertiary/aromatic N) is 5. The molecule has 1 aliphatic carbocycles. The maximum atomic E-state index is 13.0. The van der Waals surface area contributed by atoms with Crippen LogP contribution in [0.2, 0.25) is 0 Å². The van der Waals surface area contributed by atoms with Gasteiger partial charge in [0.25, 0.3) is 0 Å². The molecule has 1 saturated heterocycles. The van der Waals surface area contributed by atoms with Crippen LogP contribution in [0.5, 0.6) is 0 Å². The number of rotatable bonds is 2. The number of piperidine rings is 1. The molecule has 0 spiro atoms. The summed E-state index contributed by atoms with van der Waals surface area (Å²) in [6, 6.07) is 17.9. The fraction of sp³-hybridized carbons (Fsp3) is 0.375. The van der Waals surface area contributed by atoms with Crippen molar-refractivity contribution in [1.29, 1.82) is 21.0 Å². The van der Waals surface area contributed by atoms with Crippen molar-refractivity contribution >= 4 is 17.7 Å². The third-order valence-electron chi connectivity index (χ3n) is 6.70. The van der Waals surface area contributed by atoms with Crippen molar-refractivity contribution < 1.29 is 4.79 Å². The molecule has 2 heterocycles. The largest absolute Gasteiger partial charge is 0.335 e. The molecule has 0 unspecified atom stereocenters. The minimum Gasteiger partial charge on any atom is -0.335 e. The predicted molar refractivity (Wildman–Crippen MR) is 113 cm³/mol. The molecule has 1 amide bonds. The second-order valence-electron chi connectivity index (χ2n) is 8.27. The molecule has 1 fully saturated rings. The van der Waals surface area contributed by atoms with Gasteiger partial charge < -0.3 is 4.90 Å². The highest BCUT2D eigenvalue weighted by Gasteiger charge is 2.64. The zero-order valence-electron chi connectivity index (χ0n) is 17.0. The Morgan fingerprint density at radius 3 is 2.32 bits per heavy atom. The Bertz CT molecular complexity index is 1140. The van der Waals surface area contributed by atoms with Crippen LogP contribution >= 0.6 is 11.8 Å². The number of amides is 1. The van der Waals surface area contributed by atoms with Gasteiger partial charge >= 0.3 is 0 Å². The number of carbonyl (C=O) groups is 1. The number of thioether (sulfide) groups is 1. The summed E-state index contributed by atoms with van der Waals surface area (Å²) in [5.74, 6) is -0.797. The quantitative estimate of drug-likeness (QED) is 0.660. The van der Waals surface area contributed by atoms with Gasteiger partial charge in [-0.1, -0.05) is 41.1 Å². The van der Waals surface area contributed by atoms with Crippen molar-refractivity contribution in [2.75, 3.05) is 6.54 Å². The minimum atomic E-state index is -1.81. The van der Waals surface area contributed by atoms with Crippen LogP contribution in [0, 0.1) is 62.1 Å².